The lowest BCUT2D eigenvalue weighted by atomic mass is 10.1. The summed E-state index contributed by atoms with van der Waals surface area (Å²) >= 11 is 1.59. The molecule has 0 aliphatic rings. The second-order valence-corrected chi connectivity index (χ2v) is 9.87. The fourth-order valence-corrected chi connectivity index (χ4v) is 5.06. The maximum atomic E-state index is 12.8. The van der Waals surface area contributed by atoms with Crippen molar-refractivity contribution in [3.05, 3.63) is 75.5 Å². The largest absolute Gasteiger partial charge is 0.493 e. The normalized spacial score (nSPS) is 11.2. The summed E-state index contributed by atoms with van der Waals surface area (Å²) in [5.74, 6) is 0.630. The van der Waals surface area contributed by atoms with Gasteiger partial charge in [0.1, 0.15) is 5.75 Å². The minimum absolute atomic E-state index is 0.0814. The van der Waals surface area contributed by atoms with Crippen molar-refractivity contribution < 1.29 is 17.9 Å². The van der Waals surface area contributed by atoms with Crippen molar-refractivity contribution in [3.63, 3.8) is 0 Å². The van der Waals surface area contributed by atoms with Crippen LogP contribution in [0.5, 0.6) is 5.75 Å². The fraction of sp³-hybridized carbons (Fsp3) is 0.261. The molecule has 0 aliphatic carbocycles. The predicted octanol–water partition coefficient (Wildman–Crippen LogP) is 4.42. The molecule has 0 saturated carbocycles. The van der Waals surface area contributed by atoms with E-state index in [9.17, 15) is 13.2 Å². The van der Waals surface area contributed by atoms with Gasteiger partial charge in [0.05, 0.1) is 24.5 Å². The van der Waals surface area contributed by atoms with Gasteiger partial charge in [0.15, 0.2) is 0 Å². The van der Waals surface area contributed by atoms with Gasteiger partial charge in [-0.1, -0.05) is 18.2 Å². The van der Waals surface area contributed by atoms with E-state index < -0.39 is 10.0 Å². The van der Waals surface area contributed by atoms with Crippen LogP contribution in [0.2, 0.25) is 0 Å². The van der Waals surface area contributed by atoms with E-state index in [1.807, 2.05) is 38.3 Å². The molecule has 3 rings (SSSR count). The third-order valence-electron chi connectivity index (χ3n) is 4.64. The molecule has 0 unspecified atom stereocenters. The lowest BCUT2D eigenvalue weighted by Crippen LogP contribution is -2.24. The summed E-state index contributed by atoms with van der Waals surface area (Å²) in [6.45, 7) is 6.58. The number of carbonyl (C=O) groups is 1. The van der Waals surface area contributed by atoms with E-state index in [0.717, 1.165) is 21.6 Å². The van der Waals surface area contributed by atoms with Gasteiger partial charge in [-0.15, -0.1) is 11.3 Å². The molecule has 1 amide bonds. The second-order valence-electron chi connectivity index (χ2n) is 7.15. The monoisotopic (exact) mass is 458 g/mol. The molecule has 2 aromatic carbocycles. The maximum Gasteiger partial charge on any atom is 0.261 e. The average Bonchev–Trinajstić information content (AvgIpc) is 3.24. The summed E-state index contributed by atoms with van der Waals surface area (Å²) in [6, 6.07) is 13.9. The molecule has 0 bridgehead atoms. The topological polar surface area (TPSA) is 84.5 Å². The molecule has 0 saturated heterocycles. The molecule has 0 fully saturated rings. The fourth-order valence-electron chi connectivity index (χ4n) is 3.19. The Bertz CT molecular complexity index is 1120. The van der Waals surface area contributed by atoms with E-state index >= 15 is 0 Å². The number of hydrogen-bond donors (Lipinski definition) is 2. The Labute approximate surface area is 187 Å². The smallest absolute Gasteiger partial charge is 0.261 e. The van der Waals surface area contributed by atoms with Gasteiger partial charge in [-0.3, -0.25) is 9.52 Å². The minimum atomic E-state index is -3.74. The average molecular weight is 459 g/mol. The first-order valence-electron chi connectivity index (χ1n) is 9.93. The summed E-state index contributed by atoms with van der Waals surface area (Å²) in [7, 11) is -3.74. The van der Waals surface area contributed by atoms with Gasteiger partial charge in [0, 0.05) is 10.6 Å². The molecule has 0 radical (unpaired) electrons. The SMILES string of the molecule is CCOc1c(C)cc(S(=O)(=O)Nc2ccc(CC(=O)NCc3cccs3)cc2)cc1C. The molecular weight excluding hydrogens is 432 g/mol. The van der Waals surface area contributed by atoms with Gasteiger partial charge in [0.2, 0.25) is 5.91 Å². The highest BCUT2D eigenvalue weighted by molar-refractivity contribution is 7.92. The number of hydrogen-bond acceptors (Lipinski definition) is 5. The van der Waals surface area contributed by atoms with Gasteiger partial charge in [-0.2, -0.15) is 0 Å². The molecule has 1 aromatic heterocycles. The van der Waals surface area contributed by atoms with Gasteiger partial charge in [0.25, 0.3) is 10.0 Å². The first-order valence-corrected chi connectivity index (χ1v) is 12.3. The molecule has 0 aliphatic heterocycles. The second kappa shape index (κ2) is 9.98. The van der Waals surface area contributed by atoms with Crippen molar-refractivity contribution in [2.75, 3.05) is 11.3 Å². The van der Waals surface area contributed by atoms with Crippen molar-refractivity contribution in [2.45, 2.75) is 38.6 Å². The molecule has 8 heteroatoms. The summed E-state index contributed by atoms with van der Waals surface area (Å²) in [4.78, 5) is 13.4. The number of benzene rings is 2. The van der Waals surface area contributed by atoms with E-state index in [0.29, 0.717) is 24.6 Å². The maximum absolute atomic E-state index is 12.8. The van der Waals surface area contributed by atoms with Crippen LogP contribution >= 0.6 is 11.3 Å². The van der Waals surface area contributed by atoms with E-state index in [1.165, 1.54) is 0 Å². The molecule has 1 heterocycles. The number of ether oxygens (including phenoxy) is 1. The Morgan fingerprint density at radius 2 is 1.74 bits per heavy atom. The van der Waals surface area contributed by atoms with Gasteiger partial charge >= 0.3 is 0 Å². The molecule has 0 atom stereocenters. The van der Waals surface area contributed by atoms with Crippen LogP contribution in [0.25, 0.3) is 0 Å². The summed E-state index contributed by atoms with van der Waals surface area (Å²) in [5.41, 5.74) is 2.78. The Balaban J connectivity index is 1.64. The van der Waals surface area contributed by atoms with Gasteiger partial charge in [-0.25, -0.2) is 8.42 Å². The molecule has 6 nitrogen and oxygen atoms in total. The first-order chi connectivity index (χ1) is 14.8. The first kappa shape index (κ1) is 22.8. The Hall–Kier alpha value is -2.84. The highest BCUT2D eigenvalue weighted by atomic mass is 32.2. The van der Waals surface area contributed by atoms with Crippen LogP contribution in [-0.4, -0.2) is 20.9 Å². The van der Waals surface area contributed by atoms with Crippen molar-refractivity contribution >= 4 is 33.0 Å². The van der Waals surface area contributed by atoms with Crippen molar-refractivity contribution in [3.8, 4) is 5.75 Å². The Morgan fingerprint density at radius 3 is 2.32 bits per heavy atom. The Morgan fingerprint density at radius 1 is 1.06 bits per heavy atom. The van der Waals surface area contributed by atoms with Crippen LogP contribution in [-0.2, 0) is 27.8 Å². The van der Waals surface area contributed by atoms with Crippen LogP contribution in [0, 0.1) is 13.8 Å². The van der Waals surface area contributed by atoms with Crippen molar-refractivity contribution in [1.29, 1.82) is 0 Å². The highest BCUT2D eigenvalue weighted by Crippen LogP contribution is 2.28. The Kier molecular flexibility index (Phi) is 7.35. The lowest BCUT2D eigenvalue weighted by molar-refractivity contribution is -0.120. The number of thiophene rings is 1. The zero-order chi connectivity index (χ0) is 22.4. The van der Waals surface area contributed by atoms with Crippen LogP contribution in [0.3, 0.4) is 0 Å². The van der Waals surface area contributed by atoms with E-state index in [-0.39, 0.29) is 17.2 Å². The molecule has 164 valence electrons. The minimum Gasteiger partial charge on any atom is -0.493 e. The molecule has 0 spiro atoms. The van der Waals surface area contributed by atoms with Crippen molar-refractivity contribution in [1.82, 2.24) is 5.32 Å². The van der Waals surface area contributed by atoms with E-state index in [2.05, 4.69) is 10.0 Å². The number of amides is 1. The third-order valence-corrected chi connectivity index (χ3v) is 6.88. The lowest BCUT2D eigenvalue weighted by Gasteiger charge is -2.14. The predicted molar refractivity (Wildman–Crippen MR) is 124 cm³/mol. The van der Waals surface area contributed by atoms with Crippen LogP contribution in [0.1, 0.15) is 28.5 Å². The summed E-state index contributed by atoms with van der Waals surface area (Å²) in [6.07, 6.45) is 0.232. The van der Waals surface area contributed by atoms with Crippen LogP contribution in [0.15, 0.2) is 58.8 Å². The number of aryl methyl sites for hydroxylation is 2. The number of anilines is 1. The molecule has 3 aromatic rings. The van der Waals surface area contributed by atoms with Gasteiger partial charge < -0.3 is 10.1 Å². The molecular formula is C23H26N2O4S2. The number of sulfonamides is 1. The van der Waals surface area contributed by atoms with Crippen LogP contribution < -0.4 is 14.8 Å². The van der Waals surface area contributed by atoms with Crippen LogP contribution in [0.4, 0.5) is 5.69 Å². The quantitative estimate of drug-likeness (QED) is 0.497. The molecule has 31 heavy (non-hydrogen) atoms. The zero-order valence-electron chi connectivity index (χ0n) is 17.8. The number of carbonyl (C=O) groups excluding carboxylic acids is 1. The van der Waals surface area contributed by atoms with Gasteiger partial charge in [-0.05, 0) is 73.2 Å². The van der Waals surface area contributed by atoms with E-state index in [4.69, 9.17) is 4.74 Å². The summed E-state index contributed by atoms with van der Waals surface area (Å²) in [5, 5.41) is 4.85. The number of nitrogens with one attached hydrogen (secondary N) is 2. The van der Waals surface area contributed by atoms with Crippen molar-refractivity contribution in [2.24, 2.45) is 0 Å². The number of rotatable bonds is 9. The summed E-state index contributed by atoms with van der Waals surface area (Å²) < 4.78 is 33.8. The third kappa shape index (κ3) is 6.08. The van der Waals surface area contributed by atoms with E-state index in [1.54, 1.807) is 47.7 Å². The standard InChI is InChI=1S/C23H26N2O4S2/c1-4-29-23-16(2)12-21(13-17(23)3)31(27,28)25-19-9-7-18(8-10-19)14-22(26)24-15-20-6-5-11-30-20/h5-13,25H,4,14-15H2,1-3H3,(H,24,26). The highest BCUT2D eigenvalue weighted by Gasteiger charge is 2.18. The zero-order valence-corrected chi connectivity index (χ0v) is 19.4. The molecule has 2 N–H and O–H groups in total.